The van der Waals surface area contributed by atoms with E-state index < -0.39 is 0 Å². The molecule has 0 aliphatic heterocycles. The summed E-state index contributed by atoms with van der Waals surface area (Å²) >= 11 is 0. The molecule has 0 bridgehead atoms. The van der Waals surface area contributed by atoms with Gasteiger partial charge in [0.15, 0.2) is 0 Å². The monoisotopic (exact) mass is 218 g/mol. The first-order valence-corrected chi connectivity index (χ1v) is 6.53. The molecular formula is C15H22O. The third-order valence-corrected chi connectivity index (χ3v) is 4.06. The van der Waals surface area contributed by atoms with Crippen molar-refractivity contribution in [3.63, 3.8) is 0 Å². The van der Waals surface area contributed by atoms with Gasteiger partial charge in [-0.2, -0.15) is 0 Å². The molecule has 1 N–H and O–H groups in total. The van der Waals surface area contributed by atoms with Gasteiger partial charge in [0.25, 0.3) is 0 Å². The molecule has 0 spiro atoms. The number of aliphatic hydroxyl groups is 1. The highest BCUT2D eigenvalue weighted by Crippen LogP contribution is 2.47. The minimum absolute atomic E-state index is 0.0798. The zero-order valence-electron chi connectivity index (χ0n) is 10.2. The van der Waals surface area contributed by atoms with Gasteiger partial charge in [0.05, 0.1) is 6.10 Å². The van der Waals surface area contributed by atoms with E-state index in [1.165, 1.54) is 18.4 Å². The van der Waals surface area contributed by atoms with Crippen LogP contribution in [0.2, 0.25) is 0 Å². The molecule has 0 heterocycles. The maximum absolute atomic E-state index is 10.4. The molecule has 0 amide bonds. The fraction of sp³-hybridized carbons (Fsp3) is 0.600. The van der Waals surface area contributed by atoms with Gasteiger partial charge in [-0.1, -0.05) is 56.5 Å². The number of hydrogen-bond donors (Lipinski definition) is 1. The zero-order chi connectivity index (χ0) is 11.4. The highest BCUT2D eigenvalue weighted by atomic mass is 16.3. The minimum atomic E-state index is -0.149. The lowest BCUT2D eigenvalue weighted by Gasteiger charge is -2.46. The summed E-state index contributed by atoms with van der Waals surface area (Å²) in [6.45, 7) is 2.18. The summed E-state index contributed by atoms with van der Waals surface area (Å²) in [5, 5.41) is 10.4. The zero-order valence-corrected chi connectivity index (χ0v) is 10.2. The first kappa shape index (κ1) is 11.7. The molecule has 0 radical (unpaired) electrons. The van der Waals surface area contributed by atoms with Crippen molar-refractivity contribution in [2.45, 2.75) is 57.0 Å². The molecule has 1 saturated carbocycles. The Morgan fingerprint density at radius 1 is 1.25 bits per heavy atom. The number of rotatable bonds is 5. The Morgan fingerprint density at radius 2 is 1.94 bits per heavy atom. The van der Waals surface area contributed by atoms with E-state index in [-0.39, 0.29) is 11.5 Å². The lowest BCUT2D eigenvalue weighted by molar-refractivity contribution is 0.0208. The predicted molar refractivity (Wildman–Crippen MR) is 67.5 cm³/mol. The lowest BCUT2D eigenvalue weighted by Crippen LogP contribution is -2.45. The number of unbranched alkanes of at least 4 members (excludes halogenated alkanes) is 1. The van der Waals surface area contributed by atoms with E-state index in [4.69, 9.17) is 0 Å². The molecule has 1 fully saturated rings. The summed E-state index contributed by atoms with van der Waals surface area (Å²) in [5.74, 6) is 0. The Bertz CT molecular complexity index is 313. The highest BCUT2D eigenvalue weighted by Gasteiger charge is 2.44. The van der Waals surface area contributed by atoms with Gasteiger partial charge in [0, 0.05) is 5.41 Å². The van der Waals surface area contributed by atoms with Crippen LogP contribution in [-0.2, 0) is 5.41 Å². The van der Waals surface area contributed by atoms with Crippen molar-refractivity contribution in [3.8, 4) is 0 Å². The van der Waals surface area contributed by atoms with Gasteiger partial charge in [-0.05, 0) is 24.8 Å². The first-order chi connectivity index (χ1) is 7.79. The highest BCUT2D eigenvalue weighted by molar-refractivity contribution is 5.29. The SMILES string of the molecule is CCCCC(O)C1(c2ccccc2)CCC1. The molecule has 1 atom stereocenters. The average molecular weight is 218 g/mol. The van der Waals surface area contributed by atoms with Crippen LogP contribution in [0.4, 0.5) is 0 Å². The number of hydrogen-bond acceptors (Lipinski definition) is 1. The van der Waals surface area contributed by atoms with Crippen molar-refractivity contribution in [2.24, 2.45) is 0 Å². The van der Waals surface area contributed by atoms with Crippen LogP contribution >= 0.6 is 0 Å². The van der Waals surface area contributed by atoms with Gasteiger partial charge in [0.1, 0.15) is 0 Å². The van der Waals surface area contributed by atoms with Crippen LogP contribution in [0.15, 0.2) is 30.3 Å². The van der Waals surface area contributed by atoms with Gasteiger partial charge in [0.2, 0.25) is 0 Å². The molecular weight excluding hydrogens is 196 g/mol. The number of aliphatic hydroxyl groups excluding tert-OH is 1. The molecule has 1 unspecified atom stereocenters. The van der Waals surface area contributed by atoms with E-state index in [9.17, 15) is 5.11 Å². The third kappa shape index (κ3) is 2.01. The van der Waals surface area contributed by atoms with Gasteiger partial charge in [-0.25, -0.2) is 0 Å². The molecule has 0 aromatic heterocycles. The van der Waals surface area contributed by atoms with Crippen molar-refractivity contribution in [1.29, 1.82) is 0 Å². The second kappa shape index (κ2) is 5.01. The topological polar surface area (TPSA) is 20.2 Å². The Balaban J connectivity index is 2.13. The summed E-state index contributed by atoms with van der Waals surface area (Å²) in [6, 6.07) is 10.6. The normalized spacial score (nSPS) is 20.1. The molecule has 2 rings (SSSR count). The minimum Gasteiger partial charge on any atom is -0.392 e. The van der Waals surface area contributed by atoms with E-state index in [0.29, 0.717) is 0 Å². The second-order valence-electron chi connectivity index (χ2n) is 5.03. The maximum Gasteiger partial charge on any atom is 0.0636 e. The largest absolute Gasteiger partial charge is 0.392 e. The van der Waals surface area contributed by atoms with E-state index >= 15 is 0 Å². The van der Waals surface area contributed by atoms with Crippen LogP contribution in [0.25, 0.3) is 0 Å². The quantitative estimate of drug-likeness (QED) is 0.799. The predicted octanol–water partition coefficient (Wildman–Crippen LogP) is 3.66. The maximum atomic E-state index is 10.4. The molecule has 0 saturated heterocycles. The fourth-order valence-corrected chi connectivity index (χ4v) is 2.82. The Kier molecular flexibility index (Phi) is 3.65. The van der Waals surface area contributed by atoms with Crippen molar-refractivity contribution in [3.05, 3.63) is 35.9 Å². The van der Waals surface area contributed by atoms with E-state index in [2.05, 4.69) is 31.2 Å². The van der Waals surface area contributed by atoms with Crippen LogP contribution in [0.3, 0.4) is 0 Å². The second-order valence-corrected chi connectivity index (χ2v) is 5.03. The van der Waals surface area contributed by atoms with Crippen LogP contribution < -0.4 is 0 Å². The summed E-state index contributed by atoms with van der Waals surface area (Å²) in [4.78, 5) is 0. The van der Waals surface area contributed by atoms with Crippen LogP contribution in [-0.4, -0.2) is 11.2 Å². The molecule has 1 aromatic rings. The Hall–Kier alpha value is -0.820. The van der Waals surface area contributed by atoms with Crippen molar-refractivity contribution >= 4 is 0 Å². The summed E-state index contributed by atoms with van der Waals surface area (Å²) in [5.41, 5.74) is 1.42. The lowest BCUT2D eigenvalue weighted by atomic mass is 9.60. The molecule has 1 aliphatic rings. The molecule has 1 heteroatoms. The Morgan fingerprint density at radius 3 is 2.44 bits per heavy atom. The van der Waals surface area contributed by atoms with Crippen molar-refractivity contribution in [1.82, 2.24) is 0 Å². The van der Waals surface area contributed by atoms with Crippen molar-refractivity contribution in [2.75, 3.05) is 0 Å². The molecule has 88 valence electrons. The molecule has 1 aliphatic carbocycles. The van der Waals surface area contributed by atoms with Crippen LogP contribution in [0, 0.1) is 0 Å². The van der Waals surface area contributed by atoms with Gasteiger partial charge < -0.3 is 5.11 Å². The standard InChI is InChI=1S/C15H22O/c1-2-3-10-14(16)15(11-7-12-15)13-8-5-4-6-9-13/h4-6,8-9,14,16H,2-3,7,10-12H2,1H3. The Labute approximate surface area is 98.5 Å². The van der Waals surface area contributed by atoms with Gasteiger partial charge in [-0.3, -0.25) is 0 Å². The van der Waals surface area contributed by atoms with Gasteiger partial charge >= 0.3 is 0 Å². The summed E-state index contributed by atoms with van der Waals surface area (Å²) in [7, 11) is 0. The number of benzene rings is 1. The van der Waals surface area contributed by atoms with E-state index in [1.54, 1.807) is 0 Å². The first-order valence-electron chi connectivity index (χ1n) is 6.53. The van der Waals surface area contributed by atoms with E-state index in [0.717, 1.165) is 25.7 Å². The van der Waals surface area contributed by atoms with E-state index in [1.807, 2.05) is 6.07 Å². The molecule has 1 nitrogen and oxygen atoms in total. The molecule has 1 aromatic carbocycles. The molecule has 16 heavy (non-hydrogen) atoms. The van der Waals surface area contributed by atoms with Crippen LogP contribution in [0.1, 0.15) is 51.0 Å². The summed E-state index contributed by atoms with van der Waals surface area (Å²) < 4.78 is 0. The van der Waals surface area contributed by atoms with Gasteiger partial charge in [-0.15, -0.1) is 0 Å². The van der Waals surface area contributed by atoms with Crippen LogP contribution in [0.5, 0.6) is 0 Å². The smallest absolute Gasteiger partial charge is 0.0636 e. The average Bonchev–Trinajstić information content (AvgIpc) is 2.26. The van der Waals surface area contributed by atoms with Crippen molar-refractivity contribution < 1.29 is 5.11 Å². The summed E-state index contributed by atoms with van der Waals surface area (Å²) in [6.07, 6.45) is 6.67. The fourth-order valence-electron chi connectivity index (χ4n) is 2.82. The third-order valence-electron chi connectivity index (χ3n) is 4.06.